The van der Waals surface area contributed by atoms with Crippen LogP contribution in [-0.2, 0) is 6.54 Å². The Bertz CT molecular complexity index is 362. The van der Waals surface area contributed by atoms with Crippen molar-refractivity contribution in [2.24, 2.45) is 0 Å². The van der Waals surface area contributed by atoms with Gasteiger partial charge in [-0.2, -0.15) is 0 Å². The summed E-state index contributed by atoms with van der Waals surface area (Å²) in [6.07, 6.45) is 3.33. The maximum Gasteiger partial charge on any atom is 0.137 e. The first kappa shape index (κ1) is 8.13. The van der Waals surface area contributed by atoms with Crippen LogP contribution in [0, 0.1) is 0 Å². The fourth-order valence-electron chi connectivity index (χ4n) is 1.29. The summed E-state index contributed by atoms with van der Waals surface area (Å²) in [7, 11) is 1.88. The van der Waals surface area contributed by atoms with E-state index in [2.05, 4.69) is 5.32 Å². The summed E-state index contributed by atoms with van der Waals surface area (Å²) in [6, 6.07) is 5.70. The van der Waals surface area contributed by atoms with Crippen molar-refractivity contribution >= 4 is 0 Å². The average Bonchev–Trinajstić information content (AvgIpc) is 2.71. The molecule has 2 aromatic heterocycles. The van der Waals surface area contributed by atoms with Gasteiger partial charge < -0.3 is 14.2 Å². The first-order chi connectivity index (χ1) is 6.42. The van der Waals surface area contributed by atoms with Crippen LogP contribution in [0.1, 0.15) is 5.76 Å². The summed E-state index contributed by atoms with van der Waals surface area (Å²) in [5, 5.41) is 3.04. The smallest absolute Gasteiger partial charge is 0.137 e. The summed E-state index contributed by atoms with van der Waals surface area (Å²) in [6.45, 7) is 0.711. The van der Waals surface area contributed by atoms with E-state index in [1.54, 1.807) is 12.5 Å². The third-order valence-corrected chi connectivity index (χ3v) is 1.87. The zero-order chi connectivity index (χ0) is 9.10. The van der Waals surface area contributed by atoms with E-state index >= 15 is 0 Å². The molecule has 0 aromatic carbocycles. The lowest BCUT2D eigenvalue weighted by molar-refractivity contribution is 0.493. The SMILES string of the molecule is CNCc1occc1-c1ccco1. The molecule has 0 saturated heterocycles. The van der Waals surface area contributed by atoms with Gasteiger partial charge in [0.1, 0.15) is 11.5 Å². The molecular formula is C10H11NO2. The van der Waals surface area contributed by atoms with Crippen LogP contribution in [0.2, 0.25) is 0 Å². The molecule has 0 aliphatic rings. The Balaban J connectivity index is 2.35. The number of furan rings is 2. The summed E-state index contributed by atoms with van der Waals surface area (Å²) < 4.78 is 10.6. The van der Waals surface area contributed by atoms with Crippen molar-refractivity contribution in [1.82, 2.24) is 5.32 Å². The topological polar surface area (TPSA) is 38.3 Å². The van der Waals surface area contributed by atoms with E-state index in [4.69, 9.17) is 8.83 Å². The molecular weight excluding hydrogens is 166 g/mol. The molecule has 3 heteroatoms. The van der Waals surface area contributed by atoms with Crippen molar-refractivity contribution in [3.8, 4) is 11.3 Å². The van der Waals surface area contributed by atoms with Crippen molar-refractivity contribution in [3.63, 3.8) is 0 Å². The van der Waals surface area contributed by atoms with Gasteiger partial charge in [0.05, 0.1) is 24.6 Å². The molecule has 0 aliphatic carbocycles. The molecule has 2 aromatic rings. The standard InChI is InChI=1S/C10H11NO2/c1-11-7-10-8(4-6-13-10)9-3-2-5-12-9/h2-6,11H,7H2,1H3. The Morgan fingerprint density at radius 3 is 2.85 bits per heavy atom. The van der Waals surface area contributed by atoms with E-state index < -0.39 is 0 Å². The van der Waals surface area contributed by atoms with E-state index in [-0.39, 0.29) is 0 Å². The molecule has 0 bridgehead atoms. The van der Waals surface area contributed by atoms with E-state index in [1.807, 2.05) is 25.2 Å². The third-order valence-electron chi connectivity index (χ3n) is 1.87. The maximum atomic E-state index is 5.31. The second-order valence-corrected chi connectivity index (χ2v) is 2.77. The van der Waals surface area contributed by atoms with Crippen molar-refractivity contribution in [2.45, 2.75) is 6.54 Å². The second-order valence-electron chi connectivity index (χ2n) is 2.77. The first-order valence-corrected chi connectivity index (χ1v) is 4.16. The normalized spacial score (nSPS) is 10.5. The molecule has 2 rings (SSSR count). The third kappa shape index (κ3) is 1.51. The van der Waals surface area contributed by atoms with Crippen LogP contribution in [0.3, 0.4) is 0 Å². The number of hydrogen-bond acceptors (Lipinski definition) is 3. The number of hydrogen-bond donors (Lipinski definition) is 1. The molecule has 2 heterocycles. The van der Waals surface area contributed by atoms with Crippen LogP contribution in [0.15, 0.2) is 39.6 Å². The van der Waals surface area contributed by atoms with Crippen molar-refractivity contribution in [1.29, 1.82) is 0 Å². The van der Waals surface area contributed by atoms with E-state index in [0.717, 1.165) is 17.1 Å². The van der Waals surface area contributed by atoms with Gasteiger partial charge in [-0.15, -0.1) is 0 Å². The van der Waals surface area contributed by atoms with Gasteiger partial charge in [0.2, 0.25) is 0 Å². The summed E-state index contributed by atoms with van der Waals surface area (Å²) in [4.78, 5) is 0. The van der Waals surface area contributed by atoms with Gasteiger partial charge in [0.25, 0.3) is 0 Å². The summed E-state index contributed by atoms with van der Waals surface area (Å²) >= 11 is 0. The van der Waals surface area contributed by atoms with E-state index in [9.17, 15) is 0 Å². The van der Waals surface area contributed by atoms with Crippen LogP contribution < -0.4 is 5.32 Å². The molecule has 0 unspecified atom stereocenters. The number of rotatable bonds is 3. The minimum absolute atomic E-state index is 0.711. The largest absolute Gasteiger partial charge is 0.467 e. The lowest BCUT2D eigenvalue weighted by atomic mass is 10.2. The zero-order valence-electron chi connectivity index (χ0n) is 7.41. The lowest BCUT2D eigenvalue weighted by Gasteiger charge is -1.97. The predicted octanol–water partition coefficient (Wildman–Crippen LogP) is 2.26. The van der Waals surface area contributed by atoms with Crippen LogP contribution in [0.5, 0.6) is 0 Å². The summed E-state index contributed by atoms with van der Waals surface area (Å²) in [5.41, 5.74) is 1.01. The Labute approximate surface area is 76.4 Å². The molecule has 68 valence electrons. The molecule has 0 fully saturated rings. The maximum absolute atomic E-state index is 5.31. The van der Waals surface area contributed by atoms with E-state index in [0.29, 0.717) is 6.54 Å². The van der Waals surface area contributed by atoms with Crippen molar-refractivity contribution in [3.05, 3.63) is 36.5 Å². The quantitative estimate of drug-likeness (QED) is 0.781. The molecule has 0 amide bonds. The van der Waals surface area contributed by atoms with Crippen molar-refractivity contribution < 1.29 is 8.83 Å². The van der Waals surface area contributed by atoms with Gasteiger partial charge in [0.15, 0.2) is 0 Å². The molecule has 0 atom stereocenters. The predicted molar refractivity (Wildman–Crippen MR) is 49.2 cm³/mol. The van der Waals surface area contributed by atoms with Crippen LogP contribution in [0.4, 0.5) is 0 Å². The minimum atomic E-state index is 0.711. The molecule has 3 nitrogen and oxygen atoms in total. The molecule has 1 N–H and O–H groups in total. The number of nitrogens with one attached hydrogen (secondary N) is 1. The Hall–Kier alpha value is -1.48. The van der Waals surface area contributed by atoms with Crippen LogP contribution in [0.25, 0.3) is 11.3 Å². The van der Waals surface area contributed by atoms with Gasteiger partial charge in [-0.3, -0.25) is 0 Å². The molecule has 13 heavy (non-hydrogen) atoms. The van der Waals surface area contributed by atoms with Gasteiger partial charge in [0, 0.05) is 0 Å². The second kappa shape index (κ2) is 3.49. The highest BCUT2D eigenvalue weighted by Gasteiger charge is 2.09. The van der Waals surface area contributed by atoms with Gasteiger partial charge >= 0.3 is 0 Å². The Kier molecular flexibility index (Phi) is 2.19. The highest BCUT2D eigenvalue weighted by molar-refractivity contribution is 5.59. The van der Waals surface area contributed by atoms with Gasteiger partial charge in [-0.25, -0.2) is 0 Å². The minimum Gasteiger partial charge on any atom is -0.467 e. The molecule has 0 aliphatic heterocycles. The lowest BCUT2D eigenvalue weighted by Crippen LogP contribution is -2.04. The highest BCUT2D eigenvalue weighted by Crippen LogP contribution is 2.24. The molecule has 0 radical (unpaired) electrons. The average molecular weight is 177 g/mol. The Morgan fingerprint density at radius 2 is 2.15 bits per heavy atom. The monoisotopic (exact) mass is 177 g/mol. The fourth-order valence-corrected chi connectivity index (χ4v) is 1.29. The fraction of sp³-hybridized carbons (Fsp3) is 0.200. The Morgan fingerprint density at radius 1 is 1.23 bits per heavy atom. The highest BCUT2D eigenvalue weighted by atomic mass is 16.3. The molecule has 0 saturated carbocycles. The van der Waals surface area contributed by atoms with Crippen LogP contribution in [-0.4, -0.2) is 7.05 Å². The van der Waals surface area contributed by atoms with Gasteiger partial charge in [-0.05, 0) is 25.2 Å². The van der Waals surface area contributed by atoms with Crippen LogP contribution >= 0.6 is 0 Å². The molecule has 0 spiro atoms. The van der Waals surface area contributed by atoms with Gasteiger partial charge in [-0.1, -0.05) is 0 Å². The zero-order valence-corrected chi connectivity index (χ0v) is 7.41. The van der Waals surface area contributed by atoms with Crippen molar-refractivity contribution in [2.75, 3.05) is 7.05 Å². The first-order valence-electron chi connectivity index (χ1n) is 4.16. The van der Waals surface area contributed by atoms with E-state index in [1.165, 1.54) is 0 Å². The summed E-state index contributed by atoms with van der Waals surface area (Å²) in [5.74, 6) is 1.75.